The molecule has 0 radical (unpaired) electrons. The second-order valence-electron chi connectivity index (χ2n) is 6.92. The summed E-state index contributed by atoms with van der Waals surface area (Å²) >= 11 is 0. The van der Waals surface area contributed by atoms with Crippen LogP contribution in [0.2, 0.25) is 0 Å². The average Bonchev–Trinajstić information content (AvgIpc) is 2.50. The zero-order valence-corrected chi connectivity index (χ0v) is 12.2. The third-order valence-electron chi connectivity index (χ3n) is 4.31. The van der Waals surface area contributed by atoms with Crippen LogP contribution in [0.5, 0.6) is 0 Å². The van der Waals surface area contributed by atoms with E-state index in [2.05, 4.69) is 37.5 Å². The number of hydrogen-bond donors (Lipinski definition) is 0. The third kappa shape index (κ3) is 3.45. The van der Waals surface area contributed by atoms with Crippen molar-refractivity contribution >= 4 is 0 Å². The van der Waals surface area contributed by atoms with Crippen molar-refractivity contribution in [3.05, 3.63) is 0 Å². The van der Waals surface area contributed by atoms with E-state index in [1.165, 1.54) is 45.4 Å². The van der Waals surface area contributed by atoms with Crippen LogP contribution in [0.15, 0.2) is 0 Å². The minimum Gasteiger partial charge on any atom is -0.300 e. The first-order chi connectivity index (χ1) is 8.06. The summed E-state index contributed by atoms with van der Waals surface area (Å²) in [6.45, 7) is 14.7. The summed E-state index contributed by atoms with van der Waals surface area (Å²) in [4.78, 5) is 5.52. The van der Waals surface area contributed by atoms with E-state index < -0.39 is 0 Å². The number of piperazine rings is 1. The molecule has 2 nitrogen and oxygen atoms in total. The molecule has 2 unspecified atom stereocenters. The Morgan fingerprint density at radius 3 is 2.00 bits per heavy atom. The third-order valence-corrected chi connectivity index (χ3v) is 4.31. The van der Waals surface area contributed by atoms with Crippen LogP contribution < -0.4 is 0 Å². The van der Waals surface area contributed by atoms with E-state index in [-0.39, 0.29) is 0 Å². The largest absolute Gasteiger partial charge is 0.300 e. The van der Waals surface area contributed by atoms with Gasteiger partial charge in [-0.1, -0.05) is 27.7 Å². The number of fused-ring (bicyclic) bond motifs is 2. The number of hydrogen-bond acceptors (Lipinski definition) is 2. The Hall–Kier alpha value is -0.0800. The van der Waals surface area contributed by atoms with Crippen LogP contribution in [-0.2, 0) is 0 Å². The molecule has 0 aromatic rings. The minimum atomic E-state index is 0.820. The highest BCUT2D eigenvalue weighted by molar-refractivity contribution is 4.95. The summed E-state index contributed by atoms with van der Waals surface area (Å²) in [6.07, 6.45) is 4.24. The molecule has 2 atom stereocenters. The highest BCUT2D eigenvalue weighted by atomic mass is 15.3. The molecule has 2 heteroatoms. The summed E-state index contributed by atoms with van der Waals surface area (Å²) < 4.78 is 0. The van der Waals surface area contributed by atoms with Gasteiger partial charge in [0, 0.05) is 31.7 Å². The van der Waals surface area contributed by atoms with Gasteiger partial charge in [0.15, 0.2) is 0 Å². The van der Waals surface area contributed by atoms with E-state index >= 15 is 0 Å². The first-order valence-electron chi connectivity index (χ1n) is 7.54. The predicted molar refractivity (Wildman–Crippen MR) is 74.2 cm³/mol. The molecular formula is C15H30N2. The highest BCUT2D eigenvalue weighted by Crippen LogP contribution is 2.30. The molecule has 0 saturated carbocycles. The molecule has 0 aliphatic carbocycles. The standard InChI is InChI=1S/C15H30N2/c1-12(2)7-8-16-10-14-5-6-15(11-16)17(14)9-13(3)4/h12-15H,5-11H2,1-4H3. The molecule has 2 saturated heterocycles. The highest BCUT2D eigenvalue weighted by Gasteiger charge is 2.39. The molecule has 0 aromatic heterocycles. The van der Waals surface area contributed by atoms with Gasteiger partial charge >= 0.3 is 0 Å². The van der Waals surface area contributed by atoms with E-state index in [9.17, 15) is 0 Å². The lowest BCUT2D eigenvalue weighted by atomic mass is 10.1. The number of likely N-dealkylation sites (tertiary alicyclic amines) is 1. The Morgan fingerprint density at radius 1 is 0.941 bits per heavy atom. The topological polar surface area (TPSA) is 6.48 Å². The van der Waals surface area contributed by atoms with Crippen LogP contribution in [0.4, 0.5) is 0 Å². The lowest BCUT2D eigenvalue weighted by Crippen LogP contribution is -2.54. The van der Waals surface area contributed by atoms with Crippen LogP contribution >= 0.6 is 0 Å². The van der Waals surface area contributed by atoms with Crippen LogP contribution in [0, 0.1) is 11.8 Å². The van der Waals surface area contributed by atoms with Gasteiger partial charge in [-0.2, -0.15) is 0 Å². The zero-order valence-electron chi connectivity index (χ0n) is 12.2. The Kier molecular flexibility index (Phi) is 4.48. The summed E-state index contributed by atoms with van der Waals surface area (Å²) in [6, 6.07) is 1.73. The summed E-state index contributed by atoms with van der Waals surface area (Å²) in [5.41, 5.74) is 0. The van der Waals surface area contributed by atoms with Crippen molar-refractivity contribution < 1.29 is 0 Å². The lowest BCUT2D eigenvalue weighted by molar-refractivity contribution is 0.0558. The van der Waals surface area contributed by atoms with E-state index in [1.807, 2.05) is 0 Å². The van der Waals surface area contributed by atoms with Crippen molar-refractivity contribution in [1.29, 1.82) is 0 Å². The smallest absolute Gasteiger partial charge is 0.0227 e. The van der Waals surface area contributed by atoms with Crippen LogP contribution in [0.25, 0.3) is 0 Å². The molecule has 2 bridgehead atoms. The predicted octanol–water partition coefficient (Wildman–Crippen LogP) is 2.84. The van der Waals surface area contributed by atoms with Crippen molar-refractivity contribution in [2.45, 2.75) is 59.0 Å². The molecule has 0 amide bonds. The minimum absolute atomic E-state index is 0.820. The van der Waals surface area contributed by atoms with Crippen LogP contribution in [-0.4, -0.2) is 48.1 Å². The van der Waals surface area contributed by atoms with Crippen molar-refractivity contribution in [3.63, 3.8) is 0 Å². The number of nitrogens with zero attached hydrogens (tertiary/aromatic N) is 2. The molecular weight excluding hydrogens is 208 g/mol. The van der Waals surface area contributed by atoms with Gasteiger partial charge in [-0.05, 0) is 37.6 Å². The quantitative estimate of drug-likeness (QED) is 0.727. The summed E-state index contributed by atoms with van der Waals surface area (Å²) in [5, 5.41) is 0. The van der Waals surface area contributed by atoms with Gasteiger partial charge in [0.25, 0.3) is 0 Å². The molecule has 0 aromatic carbocycles. The second-order valence-corrected chi connectivity index (χ2v) is 6.92. The van der Waals surface area contributed by atoms with Gasteiger partial charge in [-0.3, -0.25) is 4.90 Å². The van der Waals surface area contributed by atoms with Crippen LogP contribution in [0.1, 0.15) is 47.0 Å². The monoisotopic (exact) mass is 238 g/mol. The molecule has 2 fully saturated rings. The van der Waals surface area contributed by atoms with Gasteiger partial charge in [-0.15, -0.1) is 0 Å². The molecule has 2 heterocycles. The lowest BCUT2D eigenvalue weighted by Gasteiger charge is -2.42. The van der Waals surface area contributed by atoms with Crippen molar-refractivity contribution in [2.75, 3.05) is 26.2 Å². The summed E-state index contributed by atoms with van der Waals surface area (Å²) in [5.74, 6) is 1.67. The van der Waals surface area contributed by atoms with Crippen molar-refractivity contribution in [1.82, 2.24) is 9.80 Å². The zero-order chi connectivity index (χ0) is 12.4. The molecule has 2 aliphatic rings. The maximum atomic E-state index is 2.80. The summed E-state index contributed by atoms with van der Waals surface area (Å²) in [7, 11) is 0. The molecule has 0 N–H and O–H groups in total. The molecule has 0 spiro atoms. The molecule has 100 valence electrons. The Balaban J connectivity index is 1.83. The maximum Gasteiger partial charge on any atom is 0.0227 e. The Bertz CT molecular complexity index is 223. The average molecular weight is 238 g/mol. The molecule has 2 aliphatic heterocycles. The van der Waals surface area contributed by atoms with Gasteiger partial charge in [0.1, 0.15) is 0 Å². The number of rotatable bonds is 5. The van der Waals surface area contributed by atoms with Crippen molar-refractivity contribution in [3.8, 4) is 0 Å². The van der Waals surface area contributed by atoms with Gasteiger partial charge in [0.05, 0.1) is 0 Å². The SMILES string of the molecule is CC(C)CCN1CC2CCC(C1)N2CC(C)C. The first-order valence-corrected chi connectivity index (χ1v) is 7.54. The van der Waals surface area contributed by atoms with E-state index in [0.717, 1.165) is 23.9 Å². The maximum absolute atomic E-state index is 2.80. The van der Waals surface area contributed by atoms with E-state index in [4.69, 9.17) is 0 Å². The fraction of sp³-hybridized carbons (Fsp3) is 1.00. The Labute approximate surface area is 107 Å². The van der Waals surface area contributed by atoms with Crippen LogP contribution in [0.3, 0.4) is 0 Å². The fourth-order valence-electron chi connectivity index (χ4n) is 3.42. The Morgan fingerprint density at radius 2 is 1.53 bits per heavy atom. The fourth-order valence-corrected chi connectivity index (χ4v) is 3.42. The van der Waals surface area contributed by atoms with E-state index in [1.54, 1.807) is 0 Å². The van der Waals surface area contributed by atoms with Gasteiger partial charge < -0.3 is 4.90 Å². The van der Waals surface area contributed by atoms with E-state index in [0.29, 0.717) is 0 Å². The normalized spacial score (nSPS) is 30.7. The van der Waals surface area contributed by atoms with Gasteiger partial charge in [0.2, 0.25) is 0 Å². The molecule has 17 heavy (non-hydrogen) atoms. The van der Waals surface area contributed by atoms with Gasteiger partial charge in [-0.25, -0.2) is 0 Å². The molecule has 2 rings (SSSR count). The first kappa shape index (κ1) is 13.4. The second kappa shape index (κ2) is 5.71. The van der Waals surface area contributed by atoms with Crippen molar-refractivity contribution in [2.24, 2.45) is 11.8 Å².